The minimum absolute atomic E-state index is 0.0353. The van der Waals surface area contributed by atoms with Crippen LogP contribution in [0.4, 0.5) is 4.79 Å². The molecule has 0 aliphatic heterocycles. The van der Waals surface area contributed by atoms with Gasteiger partial charge in [0.05, 0.1) is 0 Å². The predicted octanol–water partition coefficient (Wildman–Crippen LogP) is 5.08. The first kappa shape index (κ1) is 17.3. The molecular weight excluding hydrogens is 228 g/mol. The highest BCUT2D eigenvalue weighted by molar-refractivity contribution is 5.60. The van der Waals surface area contributed by atoms with Gasteiger partial charge in [0.2, 0.25) is 0 Å². The fraction of sp³-hybridized carbons (Fsp3) is 0.933. The quantitative estimate of drug-likeness (QED) is 0.405. The molecule has 0 bridgehead atoms. The highest BCUT2D eigenvalue weighted by atomic mass is 16.7. The van der Waals surface area contributed by atoms with Crippen LogP contribution < -0.4 is 0 Å². The Balaban J connectivity index is 3.61. The average Bonchev–Trinajstić information content (AvgIpc) is 2.29. The molecule has 0 amide bonds. The van der Waals surface area contributed by atoms with Crippen LogP contribution in [-0.4, -0.2) is 18.4 Å². The van der Waals surface area contributed by atoms with E-state index in [0.29, 0.717) is 0 Å². The Kier molecular flexibility index (Phi) is 10.9. The van der Waals surface area contributed by atoms with Gasteiger partial charge in [-0.05, 0) is 39.5 Å². The van der Waals surface area contributed by atoms with Gasteiger partial charge in [-0.15, -0.1) is 0 Å². The van der Waals surface area contributed by atoms with Gasteiger partial charge in [0.1, 0.15) is 12.2 Å². The molecule has 0 aromatic carbocycles. The Morgan fingerprint density at radius 3 is 1.56 bits per heavy atom. The molecule has 0 saturated carbocycles. The number of hydrogen-bond donors (Lipinski definition) is 0. The molecule has 0 spiro atoms. The molecule has 108 valence electrons. The van der Waals surface area contributed by atoms with Crippen LogP contribution in [0.2, 0.25) is 0 Å². The molecule has 3 heteroatoms. The molecule has 3 nitrogen and oxygen atoms in total. The zero-order valence-corrected chi connectivity index (χ0v) is 12.5. The summed E-state index contributed by atoms with van der Waals surface area (Å²) in [6.07, 6.45) is 8.24. The van der Waals surface area contributed by atoms with Gasteiger partial charge < -0.3 is 9.47 Å². The van der Waals surface area contributed by atoms with Gasteiger partial charge in [-0.25, -0.2) is 4.79 Å². The van der Waals surface area contributed by atoms with Crippen LogP contribution in [0, 0.1) is 0 Å². The number of carbonyl (C=O) groups excluding carboxylic acids is 1. The number of hydrogen-bond acceptors (Lipinski definition) is 3. The Hall–Kier alpha value is -0.730. The van der Waals surface area contributed by atoms with Crippen molar-refractivity contribution in [3.05, 3.63) is 0 Å². The zero-order valence-electron chi connectivity index (χ0n) is 12.5. The maximum atomic E-state index is 11.5. The van der Waals surface area contributed by atoms with Crippen LogP contribution in [0.25, 0.3) is 0 Å². The second kappa shape index (κ2) is 11.4. The van der Waals surface area contributed by atoms with Crippen molar-refractivity contribution < 1.29 is 14.3 Å². The third-order valence-corrected chi connectivity index (χ3v) is 3.02. The van der Waals surface area contributed by atoms with E-state index >= 15 is 0 Å². The molecule has 0 saturated heterocycles. The molecule has 0 heterocycles. The second-order valence-corrected chi connectivity index (χ2v) is 5.10. The van der Waals surface area contributed by atoms with E-state index in [9.17, 15) is 4.79 Å². The molecule has 2 unspecified atom stereocenters. The van der Waals surface area contributed by atoms with E-state index in [1.54, 1.807) is 0 Å². The smallest absolute Gasteiger partial charge is 0.431 e. The van der Waals surface area contributed by atoms with E-state index in [-0.39, 0.29) is 12.2 Å². The van der Waals surface area contributed by atoms with Crippen molar-refractivity contribution in [1.82, 2.24) is 0 Å². The van der Waals surface area contributed by atoms with Crippen LogP contribution in [0.1, 0.15) is 79.1 Å². The van der Waals surface area contributed by atoms with Gasteiger partial charge in [-0.3, -0.25) is 0 Å². The van der Waals surface area contributed by atoms with E-state index < -0.39 is 6.16 Å². The number of rotatable bonds is 10. The molecule has 0 aliphatic rings. The van der Waals surface area contributed by atoms with E-state index in [0.717, 1.165) is 25.7 Å². The standard InChI is InChI=1S/C15H30O3/c1-5-7-9-11-13(3)17-15(16)18-14(4)12-10-8-6-2/h13-14H,5-12H2,1-4H3. The summed E-state index contributed by atoms with van der Waals surface area (Å²) in [6, 6.07) is 0. The summed E-state index contributed by atoms with van der Waals surface area (Å²) in [7, 11) is 0. The first-order valence-electron chi connectivity index (χ1n) is 7.47. The fourth-order valence-corrected chi connectivity index (χ4v) is 1.84. The molecule has 0 aromatic heterocycles. The summed E-state index contributed by atoms with van der Waals surface area (Å²) in [4.78, 5) is 11.5. The SMILES string of the molecule is CCCCCC(C)OC(=O)OC(C)CCCCC. The Morgan fingerprint density at radius 2 is 1.22 bits per heavy atom. The monoisotopic (exact) mass is 258 g/mol. The van der Waals surface area contributed by atoms with Crippen LogP contribution in [0.3, 0.4) is 0 Å². The first-order chi connectivity index (χ1) is 8.60. The lowest BCUT2D eigenvalue weighted by molar-refractivity contribution is 0.00270. The van der Waals surface area contributed by atoms with Crippen LogP contribution in [-0.2, 0) is 9.47 Å². The third kappa shape index (κ3) is 10.4. The van der Waals surface area contributed by atoms with Gasteiger partial charge in [0, 0.05) is 0 Å². The molecule has 0 N–H and O–H groups in total. The Morgan fingerprint density at radius 1 is 0.833 bits per heavy atom. The van der Waals surface area contributed by atoms with E-state index in [1.165, 1.54) is 25.7 Å². The van der Waals surface area contributed by atoms with Crippen molar-refractivity contribution in [2.24, 2.45) is 0 Å². The lowest BCUT2D eigenvalue weighted by atomic mass is 10.1. The lowest BCUT2D eigenvalue weighted by Crippen LogP contribution is -2.20. The molecule has 2 atom stereocenters. The minimum Gasteiger partial charge on any atom is -0.431 e. The highest BCUT2D eigenvalue weighted by Crippen LogP contribution is 2.10. The molecule has 0 fully saturated rings. The number of ether oxygens (including phenoxy) is 2. The minimum atomic E-state index is -0.511. The molecule has 0 aromatic rings. The van der Waals surface area contributed by atoms with Gasteiger partial charge in [-0.2, -0.15) is 0 Å². The maximum absolute atomic E-state index is 11.5. The van der Waals surface area contributed by atoms with Gasteiger partial charge in [0.25, 0.3) is 0 Å². The molecule has 0 rings (SSSR count). The predicted molar refractivity (Wildman–Crippen MR) is 74.8 cm³/mol. The summed E-state index contributed by atoms with van der Waals surface area (Å²) in [5.74, 6) is 0. The summed E-state index contributed by atoms with van der Waals surface area (Å²) in [6.45, 7) is 8.19. The second-order valence-electron chi connectivity index (χ2n) is 5.10. The van der Waals surface area contributed by atoms with Crippen molar-refractivity contribution in [1.29, 1.82) is 0 Å². The van der Waals surface area contributed by atoms with Crippen molar-refractivity contribution in [2.45, 2.75) is 91.3 Å². The van der Waals surface area contributed by atoms with Gasteiger partial charge >= 0.3 is 6.16 Å². The molecular formula is C15H30O3. The van der Waals surface area contributed by atoms with E-state index in [1.807, 2.05) is 13.8 Å². The molecule has 18 heavy (non-hydrogen) atoms. The normalized spacial score (nSPS) is 14.0. The van der Waals surface area contributed by atoms with Crippen LogP contribution in [0.15, 0.2) is 0 Å². The van der Waals surface area contributed by atoms with E-state index in [2.05, 4.69) is 13.8 Å². The van der Waals surface area contributed by atoms with Crippen molar-refractivity contribution in [3.8, 4) is 0 Å². The molecule has 0 aliphatic carbocycles. The average molecular weight is 258 g/mol. The van der Waals surface area contributed by atoms with Gasteiger partial charge in [0.15, 0.2) is 0 Å². The van der Waals surface area contributed by atoms with E-state index in [4.69, 9.17) is 9.47 Å². The van der Waals surface area contributed by atoms with Crippen molar-refractivity contribution in [2.75, 3.05) is 0 Å². The Bertz CT molecular complexity index is 184. The fourth-order valence-electron chi connectivity index (χ4n) is 1.84. The summed E-state index contributed by atoms with van der Waals surface area (Å²) in [5, 5.41) is 0. The molecule has 0 radical (unpaired) electrons. The lowest BCUT2D eigenvalue weighted by Gasteiger charge is -2.16. The first-order valence-corrected chi connectivity index (χ1v) is 7.47. The van der Waals surface area contributed by atoms with Crippen LogP contribution >= 0.6 is 0 Å². The Labute approximate surface area is 112 Å². The summed E-state index contributed by atoms with van der Waals surface area (Å²) >= 11 is 0. The number of unbranched alkanes of at least 4 members (excludes halogenated alkanes) is 4. The summed E-state index contributed by atoms with van der Waals surface area (Å²) in [5.41, 5.74) is 0. The maximum Gasteiger partial charge on any atom is 0.508 e. The number of carbonyl (C=O) groups is 1. The topological polar surface area (TPSA) is 35.5 Å². The highest BCUT2D eigenvalue weighted by Gasteiger charge is 2.13. The van der Waals surface area contributed by atoms with Crippen molar-refractivity contribution >= 4 is 6.16 Å². The van der Waals surface area contributed by atoms with Crippen molar-refractivity contribution in [3.63, 3.8) is 0 Å². The largest absolute Gasteiger partial charge is 0.508 e. The summed E-state index contributed by atoms with van der Waals surface area (Å²) < 4.78 is 10.4. The zero-order chi connectivity index (χ0) is 13.8. The third-order valence-electron chi connectivity index (χ3n) is 3.02. The van der Waals surface area contributed by atoms with Gasteiger partial charge in [-0.1, -0.05) is 39.5 Å². The van der Waals surface area contributed by atoms with Crippen LogP contribution in [0.5, 0.6) is 0 Å².